The molecule has 2 aromatic rings. The van der Waals surface area contributed by atoms with E-state index in [0.29, 0.717) is 6.42 Å². The SMILES string of the molecule is COc1ccc(C=N[C@@H](Cc2ccccc2)C(=O)[O-])cc1.[Na+]. The van der Waals surface area contributed by atoms with Crippen LogP contribution in [-0.4, -0.2) is 25.3 Å². The van der Waals surface area contributed by atoms with Gasteiger partial charge in [-0.05, 0) is 35.4 Å². The molecule has 108 valence electrons. The number of carboxylic acids is 1. The smallest absolute Gasteiger partial charge is 0.548 e. The van der Waals surface area contributed by atoms with E-state index in [4.69, 9.17) is 4.74 Å². The molecule has 0 radical (unpaired) electrons. The molecule has 1 atom stereocenters. The van der Waals surface area contributed by atoms with E-state index in [1.165, 1.54) is 0 Å². The van der Waals surface area contributed by atoms with Gasteiger partial charge in [0.15, 0.2) is 0 Å². The van der Waals surface area contributed by atoms with Gasteiger partial charge in [0.05, 0.1) is 19.1 Å². The average Bonchev–Trinajstić information content (AvgIpc) is 2.52. The van der Waals surface area contributed by atoms with E-state index in [-0.39, 0.29) is 29.6 Å². The van der Waals surface area contributed by atoms with Crippen LogP contribution in [0.4, 0.5) is 0 Å². The molecule has 0 aliphatic rings. The zero-order valence-corrected chi connectivity index (χ0v) is 14.7. The summed E-state index contributed by atoms with van der Waals surface area (Å²) in [4.78, 5) is 15.3. The molecule has 0 unspecified atom stereocenters. The summed E-state index contributed by atoms with van der Waals surface area (Å²) in [6.45, 7) is 0. The van der Waals surface area contributed by atoms with Gasteiger partial charge in [-0.1, -0.05) is 30.3 Å². The third kappa shape index (κ3) is 5.64. The van der Waals surface area contributed by atoms with Gasteiger partial charge in [0.2, 0.25) is 0 Å². The van der Waals surface area contributed by atoms with E-state index in [9.17, 15) is 9.90 Å². The molecule has 0 saturated heterocycles. The van der Waals surface area contributed by atoms with Crippen molar-refractivity contribution in [2.24, 2.45) is 4.99 Å². The largest absolute Gasteiger partial charge is 1.00 e. The molecule has 0 aromatic heterocycles. The summed E-state index contributed by atoms with van der Waals surface area (Å²) in [5.41, 5.74) is 1.73. The number of carbonyl (C=O) groups is 1. The predicted octanol–water partition coefficient (Wildman–Crippen LogP) is -1.52. The number of benzene rings is 2. The molecule has 0 bridgehead atoms. The Kier molecular flexibility index (Phi) is 7.88. The number of carbonyl (C=O) groups excluding carboxylic acids is 1. The van der Waals surface area contributed by atoms with Crippen molar-refractivity contribution in [3.05, 3.63) is 65.7 Å². The molecule has 0 N–H and O–H groups in total. The number of hydrogen-bond donors (Lipinski definition) is 0. The normalized spacial score (nSPS) is 11.7. The Morgan fingerprint density at radius 2 is 1.82 bits per heavy atom. The van der Waals surface area contributed by atoms with E-state index >= 15 is 0 Å². The van der Waals surface area contributed by atoms with Crippen molar-refractivity contribution in [2.75, 3.05) is 7.11 Å². The average molecular weight is 305 g/mol. The van der Waals surface area contributed by atoms with Crippen LogP contribution in [0.1, 0.15) is 11.1 Å². The van der Waals surface area contributed by atoms with Gasteiger partial charge in [0.1, 0.15) is 5.75 Å². The maximum Gasteiger partial charge on any atom is 1.00 e. The molecule has 22 heavy (non-hydrogen) atoms. The third-order valence-electron chi connectivity index (χ3n) is 3.06. The van der Waals surface area contributed by atoms with Gasteiger partial charge in [-0.2, -0.15) is 0 Å². The third-order valence-corrected chi connectivity index (χ3v) is 3.06. The van der Waals surface area contributed by atoms with Gasteiger partial charge in [-0.25, -0.2) is 0 Å². The van der Waals surface area contributed by atoms with E-state index < -0.39 is 12.0 Å². The summed E-state index contributed by atoms with van der Waals surface area (Å²) in [7, 11) is 1.59. The Balaban J connectivity index is 0.00000242. The van der Waals surface area contributed by atoms with Crippen molar-refractivity contribution in [1.29, 1.82) is 0 Å². The fourth-order valence-corrected chi connectivity index (χ4v) is 1.90. The van der Waals surface area contributed by atoms with Gasteiger partial charge < -0.3 is 14.6 Å². The number of nitrogens with zero attached hydrogens (tertiary/aromatic N) is 1. The van der Waals surface area contributed by atoms with Crippen LogP contribution < -0.4 is 39.4 Å². The predicted molar refractivity (Wildman–Crippen MR) is 79.5 cm³/mol. The molecule has 0 spiro atoms. The van der Waals surface area contributed by atoms with Gasteiger partial charge in [-0.15, -0.1) is 0 Å². The minimum Gasteiger partial charge on any atom is -0.548 e. The second-order valence-electron chi connectivity index (χ2n) is 4.58. The fourth-order valence-electron chi connectivity index (χ4n) is 1.90. The zero-order chi connectivity index (χ0) is 15.1. The number of carboxylic acid groups (broad SMARTS) is 1. The first-order valence-electron chi connectivity index (χ1n) is 6.61. The molecule has 2 aromatic carbocycles. The van der Waals surface area contributed by atoms with Crippen molar-refractivity contribution in [3.8, 4) is 5.75 Å². The van der Waals surface area contributed by atoms with E-state index in [2.05, 4.69) is 4.99 Å². The van der Waals surface area contributed by atoms with Gasteiger partial charge >= 0.3 is 29.6 Å². The van der Waals surface area contributed by atoms with Crippen LogP contribution in [0.3, 0.4) is 0 Å². The first kappa shape index (κ1) is 18.4. The second kappa shape index (κ2) is 9.41. The maximum atomic E-state index is 11.2. The first-order chi connectivity index (χ1) is 10.2. The van der Waals surface area contributed by atoms with Crippen LogP contribution >= 0.6 is 0 Å². The fraction of sp³-hybridized carbons (Fsp3) is 0.176. The topological polar surface area (TPSA) is 61.7 Å². The van der Waals surface area contributed by atoms with Crippen LogP contribution in [0.5, 0.6) is 5.75 Å². The minimum absolute atomic E-state index is 0. The van der Waals surface area contributed by atoms with Crippen LogP contribution in [-0.2, 0) is 11.2 Å². The van der Waals surface area contributed by atoms with Crippen LogP contribution in [0.25, 0.3) is 0 Å². The summed E-state index contributed by atoms with van der Waals surface area (Å²) >= 11 is 0. The molecule has 0 heterocycles. The maximum absolute atomic E-state index is 11.2. The van der Waals surface area contributed by atoms with Crippen molar-refractivity contribution in [1.82, 2.24) is 0 Å². The van der Waals surface area contributed by atoms with Crippen LogP contribution in [0.15, 0.2) is 59.6 Å². The van der Waals surface area contributed by atoms with Gasteiger partial charge in [-0.3, -0.25) is 4.99 Å². The van der Waals surface area contributed by atoms with Gasteiger partial charge in [0, 0.05) is 12.6 Å². The summed E-state index contributed by atoms with van der Waals surface area (Å²) in [6.07, 6.45) is 1.86. The molecule has 4 nitrogen and oxygen atoms in total. The number of ether oxygens (including phenoxy) is 1. The molecular formula is C17H16NNaO3. The van der Waals surface area contributed by atoms with E-state index in [1.807, 2.05) is 42.5 Å². The summed E-state index contributed by atoms with van der Waals surface area (Å²) in [5, 5.41) is 11.2. The molecule has 0 aliphatic carbocycles. The Morgan fingerprint density at radius 3 is 2.36 bits per heavy atom. The molecular weight excluding hydrogens is 289 g/mol. The molecule has 5 heteroatoms. The second-order valence-corrected chi connectivity index (χ2v) is 4.58. The monoisotopic (exact) mass is 305 g/mol. The Labute approximate surface area is 152 Å². The Hall–Kier alpha value is -1.62. The molecule has 0 saturated carbocycles. The summed E-state index contributed by atoms with van der Waals surface area (Å²) in [6, 6.07) is 15.7. The zero-order valence-electron chi connectivity index (χ0n) is 12.7. The number of aliphatic imine (C=N–C) groups is 1. The molecule has 0 fully saturated rings. The molecule has 2 rings (SSSR count). The standard InChI is InChI=1S/C17H17NO3.Na/c1-21-15-9-7-14(8-10-15)12-18-16(17(19)20)11-13-5-3-2-4-6-13;/h2-10,12,16H,11H2,1H3,(H,19,20);/q;+1/p-1/t16-;/m0./s1. The molecule has 0 amide bonds. The van der Waals surface area contributed by atoms with Crippen molar-refractivity contribution >= 4 is 12.2 Å². The molecule has 0 aliphatic heterocycles. The van der Waals surface area contributed by atoms with Crippen molar-refractivity contribution in [2.45, 2.75) is 12.5 Å². The van der Waals surface area contributed by atoms with Crippen molar-refractivity contribution in [3.63, 3.8) is 0 Å². The van der Waals surface area contributed by atoms with Crippen LogP contribution in [0, 0.1) is 0 Å². The quantitative estimate of drug-likeness (QED) is 0.481. The summed E-state index contributed by atoms with van der Waals surface area (Å²) in [5.74, 6) is -0.434. The Morgan fingerprint density at radius 1 is 1.18 bits per heavy atom. The Bertz CT molecular complexity index is 612. The van der Waals surface area contributed by atoms with Gasteiger partial charge in [0.25, 0.3) is 0 Å². The minimum atomic E-state index is -1.18. The summed E-state index contributed by atoms with van der Waals surface area (Å²) < 4.78 is 5.06. The number of rotatable bonds is 6. The number of methoxy groups -OCH3 is 1. The van der Waals surface area contributed by atoms with E-state index in [0.717, 1.165) is 16.9 Å². The van der Waals surface area contributed by atoms with E-state index in [1.54, 1.807) is 25.5 Å². The number of aliphatic carboxylic acids is 1. The first-order valence-corrected chi connectivity index (χ1v) is 6.61. The number of hydrogen-bond acceptors (Lipinski definition) is 4. The van der Waals surface area contributed by atoms with Crippen LogP contribution in [0.2, 0.25) is 0 Å². The van der Waals surface area contributed by atoms with Crippen molar-refractivity contribution < 1.29 is 44.2 Å².